The third-order valence-corrected chi connectivity index (χ3v) is 5.99. The summed E-state index contributed by atoms with van der Waals surface area (Å²) in [5.74, 6) is 0.902. The number of ether oxygens (including phenoxy) is 1. The zero-order chi connectivity index (χ0) is 19.6. The molecule has 3 rings (SSSR count). The van der Waals surface area contributed by atoms with Crippen LogP contribution < -0.4 is 4.74 Å². The van der Waals surface area contributed by atoms with Gasteiger partial charge >= 0.3 is 0 Å². The largest absolute Gasteiger partial charge is 0.497 e. The summed E-state index contributed by atoms with van der Waals surface area (Å²) in [6.07, 6.45) is 0.816. The molecule has 3 aromatic rings. The fraction of sp³-hybridized carbons (Fsp3) is 0.391. The molecule has 0 aliphatic rings. The minimum absolute atomic E-state index is 0.0423. The quantitative estimate of drug-likeness (QED) is 0.579. The lowest BCUT2D eigenvalue weighted by molar-refractivity contribution is 0.259. The van der Waals surface area contributed by atoms with Gasteiger partial charge in [-0.1, -0.05) is 51.1 Å². The zero-order valence-corrected chi connectivity index (χ0v) is 17.6. The highest BCUT2D eigenvalue weighted by atomic mass is 32.2. The summed E-state index contributed by atoms with van der Waals surface area (Å²) in [6.45, 7) is 6.80. The molecule has 1 aromatic heterocycles. The first-order chi connectivity index (χ1) is 12.8. The average Bonchev–Trinajstić information content (AvgIpc) is 2.90. The molecule has 1 unspecified atom stereocenters. The van der Waals surface area contributed by atoms with Gasteiger partial charge in [-0.15, -0.1) is 11.8 Å². The van der Waals surface area contributed by atoms with Crippen molar-refractivity contribution in [2.75, 3.05) is 13.7 Å². The van der Waals surface area contributed by atoms with E-state index in [1.165, 1.54) is 27.1 Å². The third-order valence-electron chi connectivity index (χ3n) is 4.74. The van der Waals surface area contributed by atoms with Gasteiger partial charge in [-0.05, 0) is 30.2 Å². The Hall–Kier alpha value is -1.91. The molecule has 3 nitrogen and oxygen atoms in total. The molecule has 2 aromatic carbocycles. The number of nitrogens with zero attached hydrogens (tertiary/aromatic N) is 1. The van der Waals surface area contributed by atoms with Crippen molar-refractivity contribution in [1.29, 1.82) is 0 Å². The van der Waals surface area contributed by atoms with E-state index in [-0.39, 0.29) is 17.3 Å². The van der Waals surface area contributed by atoms with Crippen LogP contribution in [0.5, 0.6) is 5.75 Å². The third kappa shape index (κ3) is 4.33. The number of rotatable bonds is 6. The van der Waals surface area contributed by atoms with E-state index in [0.29, 0.717) is 0 Å². The predicted molar refractivity (Wildman–Crippen MR) is 115 cm³/mol. The number of aryl methyl sites for hydroxylation is 1. The molecule has 0 spiro atoms. The summed E-state index contributed by atoms with van der Waals surface area (Å²) in [4.78, 5) is 1.24. The molecule has 0 radical (unpaired) electrons. The maximum atomic E-state index is 10.3. The Bertz CT molecular complexity index is 910. The zero-order valence-electron chi connectivity index (χ0n) is 16.8. The Morgan fingerprint density at radius 2 is 1.81 bits per heavy atom. The van der Waals surface area contributed by atoms with Crippen LogP contribution in [0.4, 0.5) is 0 Å². The lowest BCUT2D eigenvalue weighted by atomic mass is 9.96. The first-order valence-electron chi connectivity index (χ1n) is 9.34. The SMILES string of the molecule is COc1ccc2c(c1)c(SC(C)(C)C)c(C(CO)Cc1ccccc1)n2C. The van der Waals surface area contributed by atoms with Gasteiger partial charge in [0, 0.05) is 39.2 Å². The normalized spacial score (nSPS) is 13.1. The summed E-state index contributed by atoms with van der Waals surface area (Å²) in [5.41, 5.74) is 3.61. The first kappa shape index (κ1) is 19.8. The molecule has 1 N–H and O–H groups in total. The Balaban J connectivity index is 2.16. The minimum Gasteiger partial charge on any atom is -0.497 e. The summed E-state index contributed by atoms with van der Waals surface area (Å²) in [6, 6.07) is 16.6. The van der Waals surface area contributed by atoms with Gasteiger partial charge in [0.2, 0.25) is 0 Å². The van der Waals surface area contributed by atoms with Gasteiger partial charge in [-0.2, -0.15) is 0 Å². The average molecular weight is 384 g/mol. The van der Waals surface area contributed by atoms with Crippen molar-refractivity contribution in [3.63, 3.8) is 0 Å². The van der Waals surface area contributed by atoms with Gasteiger partial charge in [-0.3, -0.25) is 0 Å². The molecule has 0 fully saturated rings. The summed E-state index contributed by atoms with van der Waals surface area (Å²) < 4.78 is 7.78. The number of fused-ring (bicyclic) bond motifs is 1. The first-order valence-corrected chi connectivity index (χ1v) is 10.2. The van der Waals surface area contributed by atoms with E-state index in [4.69, 9.17) is 4.74 Å². The number of methoxy groups -OCH3 is 1. The topological polar surface area (TPSA) is 34.4 Å². The summed E-state index contributed by atoms with van der Waals surface area (Å²) in [7, 11) is 3.80. The number of aliphatic hydroxyl groups excluding tert-OH is 1. The van der Waals surface area contributed by atoms with E-state index in [1.54, 1.807) is 7.11 Å². The van der Waals surface area contributed by atoms with Crippen LogP contribution in [0.2, 0.25) is 0 Å². The second kappa shape index (κ2) is 7.99. The highest BCUT2D eigenvalue weighted by Gasteiger charge is 2.26. The predicted octanol–water partition coefficient (Wildman–Crippen LogP) is 5.40. The number of aliphatic hydroxyl groups is 1. The van der Waals surface area contributed by atoms with Crippen LogP contribution in [0.15, 0.2) is 53.4 Å². The number of hydrogen-bond donors (Lipinski definition) is 1. The molecular formula is C23H29NO2S. The van der Waals surface area contributed by atoms with Crippen LogP contribution in [0, 0.1) is 0 Å². The second-order valence-corrected chi connectivity index (χ2v) is 9.78. The lowest BCUT2D eigenvalue weighted by Gasteiger charge is -2.22. The van der Waals surface area contributed by atoms with Crippen LogP contribution >= 0.6 is 11.8 Å². The van der Waals surface area contributed by atoms with Crippen molar-refractivity contribution in [3.8, 4) is 5.75 Å². The van der Waals surface area contributed by atoms with Gasteiger partial charge in [0.05, 0.1) is 13.7 Å². The fourth-order valence-electron chi connectivity index (χ4n) is 3.56. The second-order valence-electron chi connectivity index (χ2n) is 7.94. The van der Waals surface area contributed by atoms with Crippen molar-refractivity contribution in [1.82, 2.24) is 4.57 Å². The van der Waals surface area contributed by atoms with E-state index in [0.717, 1.165) is 12.2 Å². The molecule has 144 valence electrons. The standard InChI is InChI=1S/C23H29NO2S/c1-23(2,3)27-22-19-14-18(26-5)11-12-20(19)24(4)21(22)17(15-25)13-16-9-7-6-8-10-16/h6-12,14,17,25H,13,15H2,1-5H3. The van der Waals surface area contributed by atoms with Crippen molar-refractivity contribution < 1.29 is 9.84 Å². The Morgan fingerprint density at radius 1 is 1.11 bits per heavy atom. The van der Waals surface area contributed by atoms with Gasteiger partial charge in [0.15, 0.2) is 0 Å². The number of benzene rings is 2. The molecule has 0 saturated heterocycles. The van der Waals surface area contributed by atoms with Gasteiger partial charge in [0.25, 0.3) is 0 Å². The van der Waals surface area contributed by atoms with E-state index in [2.05, 4.69) is 68.8 Å². The lowest BCUT2D eigenvalue weighted by Crippen LogP contribution is -2.14. The van der Waals surface area contributed by atoms with Crippen molar-refractivity contribution in [3.05, 3.63) is 59.8 Å². The van der Waals surface area contributed by atoms with Crippen LogP contribution in [-0.4, -0.2) is 28.1 Å². The van der Waals surface area contributed by atoms with Crippen LogP contribution in [0.3, 0.4) is 0 Å². The van der Waals surface area contributed by atoms with E-state index < -0.39 is 0 Å². The molecule has 0 aliphatic carbocycles. The van der Waals surface area contributed by atoms with Gasteiger partial charge < -0.3 is 14.4 Å². The molecule has 27 heavy (non-hydrogen) atoms. The van der Waals surface area contributed by atoms with Crippen molar-refractivity contribution in [2.45, 2.75) is 42.8 Å². The summed E-state index contributed by atoms with van der Waals surface area (Å²) >= 11 is 1.86. The number of aromatic nitrogens is 1. The van der Waals surface area contributed by atoms with E-state index in [1.807, 2.05) is 23.9 Å². The molecule has 0 aliphatic heterocycles. The highest BCUT2D eigenvalue weighted by molar-refractivity contribution is 8.00. The molecule has 0 saturated carbocycles. The molecular weight excluding hydrogens is 354 g/mol. The molecule has 0 amide bonds. The fourth-order valence-corrected chi connectivity index (χ4v) is 4.85. The Labute approximate surface area is 166 Å². The Kier molecular flexibility index (Phi) is 5.87. The van der Waals surface area contributed by atoms with Gasteiger partial charge in [0.1, 0.15) is 5.75 Å². The maximum absolute atomic E-state index is 10.3. The van der Waals surface area contributed by atoms with Gasteiger partial charge in [-0.25, -0.2) is 0 Å². The minimum atomic E-state index is 0.0423. The van der Waals surface area contributed by atoms with Crippen LogP contribution in [0.25, 0.3) is 10.9 Å². The van der Waals surface area contributed by atoms with Crippen LogP contribution in [-0.2, 0) is 13.5 Å². The Morgan fingerprint density at radius 3 is 2.41 bits per heavy atom. The monoisotopic (exact) mass is 383 g/mol. The molecule has 4 heteroatoms. The molecule has 1 heterocycles. The molecule has 0 bridgehead atoms. The van der Waals surface area contributed by atoms with Crippen molar-refractivity contribution >= 4 is 22.7 Å². The number of thioether (sulfide) groups is 1. The molecule has 1 atom stereocenters. The van der Waals surface area contributed by atoms with E-state index in [9.17, 15) is 5.11 Å². The highest BCUT2D eigenvalue weighted by Crippen LogP contribution is 2.44. The maximum Gasteiger partial charge on any atom is 0.119 e. The van der Waals surface area contributed by atoms with E-state index >= 15 is 0 Å². The number of hydrogen-bond acceptors (Lipinski definition) is 3. The summed E-state index contributed by atoms with van der Waals surface area (Å²) in [5, 5.41) is 11.5. The smallest absolute Gasteiger partial charge is 0.119 e. The van der Waals surface area contributed by atoms with Crippen molar-refractivity contribution in [2.24, 2.45) is 7.05 Å². The van der Waals surface area contributed by atoms with Crippen LogP contribution in [0.1, 0.15) is 37.9 Å².